The van der Waals surface area contributed by atoms with Crippen molar-refractivity contribution < 1.29 is 14.0 Å². The first-order valence-electron chi connectivity index (χ1n) is 8.64. The van der Waals surface area contributed by atoms with Gasteiger partial charge < -0.3 is 4.90 Å². The molecular weight excluding hydrogens is 377 g/mol. The number of anilines is 1. The van der Waals surface area contributed by atoms with Gasteiger partial charge in [-0.05, 0) is 47.5 Å². The van der Waals surface area contributed by atoms with E-state index in [-0.39, 0.29) is 17.3 Å². The van der Waals surface area contributed by atoms with Crippen LogP contribution in [0.2, 0.25) is 5.02 Å². The first-order valence-corrected chi connectivity index (χ1v) is 9.02. The van der Waals surface area contributed by atoms with Crippen LogP contribution in [0.4, 0.5) is 10.1 Å². The highest BCUT2D eigenvalue weighted by molar-refractivity contribution is 6.36. The minimum absolute atomic E-state index is 0.188. The molecular formula is C23H15ClFNO2. The van der Waals surface area contributed by atoms with E-state index in [1.165, 1.54) is 29.2 Å². The molecule has 28 heavy (non-hydrogen) atoms. The number of benzene rings is 3. The first-order chi connectivity index (χ1) is 13.5. The lowest BCUT2D eigenvalue weighted by molar-refractivity contribution is -0.112. The molecule has 1 heterocycles. The van der Waals surface area contributed by atoms with Gasteiger partial charge >= 0.3 is 0 Å². The van der Waals surface area contributed by atoms with Gasteiger partial charge in [0, 0.05) is 23.2 Å². The molecule has 4 rings (SSSR count). The van der Waals surface area contributed by atoms with Gasteiger partial charge in [-0.25, -0.2) is 4.39 Å². The minimum Gasteiger partial charge on any atom is -0.311 e. The summed E-state index contributed by atoms with van der Waals surface area (Å²) in [6.45, 7) is 0. The number of ketones is 1. The van der Waals surface area contributed by atoms with Crippen LogP contribution in [-0.4, -0.2) is 18.7 Å². The molecule has 0 aliphatic carbocycles. The lowest BCUT2D eigenvalue weighted by atomic mass is 9.95. The number of nitrogens with zero attached hydrogens (tertiary/aromatic N) is 1. The zero-order valence-corrected chi connectivity index (χ0v) is 15.7. The molecule has 0 bridgehead atoms. The Hall–Kier alpha value is -3.24. The van der Waals surface area contributed by atoms with E-state index in [0.717, 1.165) is 11.1 Å². The van der Waals surface area contributed by atoms with Crippen molar-refractivity contribution in [1.29, 1.82) is 0 Å². The SMILES string of the molecule is CN1C(=O)/C(=C/C(=O)c2ccccc2-c2ccc(Cl)cc2)c2cc(F)ccc21. The van der Waals surface area contributed by atoms with E-state index >= 15 is 0 Å². The van der Waals surface area contributed by atoms with Crippen LogP contribution in [0.15, 0.2) is 72.8 Å². The van der Waals surface area contributed by atoms with Gasteiger partial charge in [-0.1, -0.05) is 48.0 Å². The average molecular weight is 392 g/mol. The number of allylic oxidation sites excluding steroid dienone is 1. The van der Waals surface area contributed by atoms with E-state index in [1.54, 1.807) is 31.3 Å². The van der Waals surface area contributed by atoms with Crippen molar-refractivity contribution in [2.45, 2.75) is 0 Å². The van der Waals surface area contributed by atoms with Gasteiger partial charge in [-0.2, -0.15) is 0 Å². The maximum absolute atomic E-state index is 13.7. The Morgan fingerprint density at radius 1 is 1.00 bits per heavy atom. The molecule has 0 radical (unpaired) electrons. The van der Waals surface area contributed by atoms with Gasteiger partial charge in [0.25, 0.3) is 5.91 Å². The topological polar surface area (TPSA) is 37.4 Å². The van der Waals surface area contributed by atoms with Crippen LogP contribution < -0.4 is 4.90 Å². The molecule has 1 aliphatic heterocycles. The van der Waals surface area contributed by atoms with Gasteiger partial charge in [0.15, 0.2) is 5.78 Å². The summed E-state index contributed by atoms with van der Waals surface area (Å²) in [5, 5.41) is 0.605. The monoisotopic (exact) mass is 391 g/mol. The summed E-state index contributed by atoms with van der Waals surface area (Å²) in [7, 11) is 1.60. The van der Waals surface area contributed by atoms with Crippen LogP contribution in [0.25, 0.3) is 16.7 Å². The fraction of sp³-hybridized carbons (Fsp3) is 0.0435. The molecule has 0 aromatic heterocycles. The number of rotatable bonds is 3. The molecule has 5 heteroatoms. The molecule has 0 saturated carbocycles. The second-order valence-corrected chi connectivity index (χ2v) is 6.94. The second-order valence-electron chi connectivity index (χ2n) is 6.50. The molecule has 138 valence electrons. The van der Waals surface area contributed by atoms with Crippen molar-refractivity contribution in [2.24, 2.45) is 0 Å². The average Bonchev–Trinajstić information content (AvgIpc) is 2.93. The molecule has 0 fully saturated rings. The van der Waals surface area contributed by atoms with E-state index < -0.39 is 5.82 Å². The summed E-state index contributed by atoms with van der Waals surface area (Å²) in [6, 6.07) is 18.4. The number of hydrogen-bond donors (Lipinski definition) is 0. The van der Waals surface area contributed by atoms with Crippen molar-refractivity contribution in [3.05, 3.63) is 94.8 Å². The van der Waals surface area contributed by atoms with Gasteiger partial charge in [0.1, 0.15) is 5.82 Å². The molecule has 0 unspecified atom stereocenters. The van der Waals surface area contributed by atoms with E-state index in [0.29, 0.717) is 21.8 Å². The third kappa shape index (κ3) is 3.12. The maximum Gasteiger partial charge on any atom is 0.258 e. The number of carbonyl (C=O) groups is 2. The van der Waals surface area contributed by atoms with E-state index in [9.17, 15) is 14.0 Å². The van der Waals surface area contributed by atoms with Gasteiger partial charge in [0.05, 0.1) is 11.3 Å². The molecule has 3 nitrogen and oxygen atoms in total. The normalized spacial score (nSPS) is 14.5. The van der Waals surface area contributed by atoms with Crippen LogP contribution in [0.1, 0.15) is 15.9 Å². The summed E-state index contributed by atoms with van der Waals surface area (Å²) in [5.41, 5.74) is 3.22. The Morgan fingerprint density at radius 2 is 1.71 bits per heavy atom. The maximum atomic E-state index is 13.7. The minimum atomic E-state index is -0.457. The van der Waals surface area contributed by atoms with Crippen LogP contribution in [0, 0.1) is 5.82 Å². The lowest BCUT2D eigenvalue weighted by Crippen LogP contribution is -2.20. The molecule has 3 aromatic carbocycles. The summed E-state index contributed by atoms with van der Waals surface area (Å²) in [6.07, 6.45) is 1.29. The van der Waals surface area contributed by atoms with Crippen molar-refractivity contribution in [2.75, 3.05) is 11.9 Å². The Kier molecular flexibility index (Phi) is 4.57. The van der Waals surface area contributed by atoms with Gasteiger partial charge in [-0.3, -0.25) is 9.59 Å². The molecule has 0 saturated heterocycles. The van der Waals surface area contributed by atoms with E-state index in [2.05, 4.69) is 0 Å². The highest BCUT2D eigenvalue weighted by Gasteiger charge is 2.31. The van der Waals surface area contributed by atoms with Crippen molar-refractivity contribution in [3.8, 4) is 11.1 Å². The van der Waals surface area contributed by atoms with Gasteiger partial charge in [0.2, 0.25) is 0 Å². The number of fused-ring (bicyclic) bond motifs is 1. The summed E-state index contributed by atoms with van der Waals surface area (Å²) >= 11 is 5.96. The van der Waals surface area contributed by atoms with Crippen molar-refractivity contribution >= 4 is 34.6 Å². The fourth-order valence-electron chi connectivity index (χ4n) is 3.35. The zero-order valence-electron chi connectivity index (χ0n) is 14.9. The number of hydrogen-bond acceptors (Lipinski definition) is 2. The highest BCUT2D eigenvalue weighted by atomic mass is 35.5. The first kappa shape index (κ1) is 18.1. The molecule has 0 atom stereocenters. The van der Waals surface area contributed by atoms with Gasteiger partial charge in [-0.15, -0.1) is 0 Å². The smallest absolute Gasteiger partial charge is 0.258 e. The standard InChI is InChI=1S/C23H15ClFNO2/c1-26-21-11-10-16(25)12-19(21)20(23(26)28)13-22(27)18-5-3-2-4-17(18)14-6-8-15(24)9-7-14/h2-13H,1H3/b20-13+. The fourth-order valence-corrected chi connectivity index (χ4v) is 3.48. The Morgan fingerprint density at radius 3 is 2.46 bits per heavy atom. The lowest BCUT2D eigenvalue weighted by Gasteiger charge is -2.08. The molecule has 1 amide bonds. The van der Waals surface area contributed by atoms with E-state index in [1.807, 2.05) is 24.3 Å². The predicted molar refractivity (Wildman–Crippen MR) is 109 cm³/mol. The molecule has 1 aliphatic rings. The molecule has 0 spiro atoms. The Labute approximate surface area is 166 Å². The molecule has 0 N–H and O–H groups in total. The largest absolute Gasteiger partial charge is 0.311 e. The van der Waals surface area contributed by atoms with Crippen LogP contribution in [0.3, 0.4) is 0 Å². The second kappa shape index (κ2) is 7.06. The summed E-state index contributed by atoms with van der Waals surface area (Å²) in [4.78, 5) is 27.1. The molecule has 3 aromatic rings. The Bertz CT molecular complexity index is 1140. The predicted octanol–water partition coefficient (Wildman–Crippen LogP) is 5.39. The van der Waals surface area contributed by atoms with Crippen LogP contribution in [-0.2, 0) is 4.79 Å². The number of amides is 1. The quantitative estimate of drug-likeness (QED) is 0.443. The number of likely N-dealkylation sites (N-methyl/N-ethyl adjacent to an activating group) is 1. The zero-order chi connectivity index (χ0) is 19.8. The number of carbonyl (C=O) groups excluding carboxylic acids is 2. The highest BCUT2D eigenvalue weighted by Crippen LogP contribution is 2.36. The van der Waals surface area contributed by atoms with Crippen molar-refractivity contribution in [1.82, 2.24) is 0 Å². The Balaban J connectivity index is 1.79. The summed E-state index contributed by atoms with van der Waals surface area (Å²) in [5.74, 6) is -1.11. The van der Waals surface area contributed by atoms with Crippen LogP contribution in [0.5, 0.6) is 0 Å². The third-order valence-electron chi connectivity index (χ3n) is 4.77. The number of halogens is 2. The van der Waals surface area contributed by atoms with Crippen molar-refractivity contribution in [3.63, 3.8) is 0 Å². The van der Waals surface area contributed by atoms with Crippen LogP contribution >= 0.6 is 11.6 Å². The third-order valence-corrected chi connectivity index (χ3v) is 5.02. The van der Waals surface area contributed by atoms with E-state index in [4.69, 9.17) is 11.6 Å². The summed E-state index contributed by atoms with van der Waals surface area (Å²) < 4.78 is 13.7.